The van der Waals surface area contributed by atoms with Crippen molar-refractivity contribution in [3.05, 3.63) is 28.3 Å². The molecule has 2 nitrogen and oxygen atoms in total. The summed E-state index contributed by atoms with van der Waals surface area (Å²) in [5, 5.41) is 10.4. The summed E-state index contributed by atoms with van der Waals surface area (Å²) in [7, 11) is 0. The van der Waals surface area contributed by atoms with Gasteiger partial charge in [0.2, 0.25) is 0 Å². The summed E-state index contributed by atoms with van der Waals surface area (Å²) >= 11 is 0. The molecule has 0 saturated carbocycles. The van der Waals surface area contributed by atoms with Gasteiger partial charge < -0.3 is 5.11 Å². The highest BCUT2D eigenvalue weighted by atomic mass is 16.3. The molecule has 1 aromatic carbocycles. The fourth-order valence-electron chi connectivity index (χ4n) is 2.82. The first-order chi connectivity index (χ1) is 10.2. The quantitative estimate of drug-likeness (QED) is 0.599. The molecule has 0 saturated heterocycles. The maximum atomic E-state index is 11.2. The first-order valence-corrected chi connectivity index (χ1v) is 8.51. The second-order valence-corrected chi connectivity index (χ2v) is 5.86. The van der Waals surface area contributed by atoms with E-state index in [9.17, 15) is 9.90 Å². The van der Waals surface area contributed by atoms with E-state index in [1.54, 1.807) is 0 Å². The van der Waals surface area contributed by atoms with Crippen molar-refractivity contribution in [1.82, 2.24) is 0 Å². The molecule has 0 aliphatic carbocycles. The molecule has 0 atom stereocenters. The molecule has 0 amide bonds. The number of aromatic hydroxyl groups is 1. The first kappa shape index (κ1) is 17.7. The van der Waals surface area contributed by atoms with Crippen molar-refractivity contribution in [2.75, 3.05) is 0 Å². The summed E-state index contributed by atoms with van der Waals surface area (Å²) in [6.45, 7) is 6.53. The Morgan fingerprint density at radius 3 is 1.95 bits per heavy atom. The second kappa shape index (κ2) is 9.59. The molecule has 1 N–H and O–H groups in total. The van der Waals surface area contributed by atoms with E-state index in [2.05, 4.69) is 20.8 Å². The topological polar surface area (TPSA) is 37.3 Å². The third kappa shape index (κ3) is 4.87. The van der Waals surface area contributed by atoms with E-state index < -0.39 is 0 Å². The Balaban J connectivity index is 3.26. The summed E-state index contributed by atoms with van der Waals surface area (Å²) in [6.07, 6.45) is 10.4. The number of benzene rings is 1. The number of hydrogen-bond donors (Lipinski definition) is 1. The van der Waals surface area contributed by atoms with Crippen LogP contribution in [-0.2, 0) is 19.3 Å². The van der Waals surface area contributed by atoms with Gasteiger partial charge in [-0.1, -0.05) is 40.0 Å². The molecule has 2 heteroatoms. The van der Waals surface area contributed by atoms with E-state index in [1.165, 1.54) is 11.1 Å². The lowest BCUT2D eigenvalue weighted by atomic mass is 9.88. The Morgan fingerprint density at radius 1 is 0.905 bits per heavy atom. The average molecular weight is 290 g/mol. The van der Waals surface area contributed by atoms with Gasteiger partial charge in [-0.25, -0.2) is 0 Å². The van der Waals surface area contributed by atoms with Crippen molar-refractivity contribution in [3.63, 3.8) is 0 Å². The van der Waals surface area contributed by atoms with Crippen molar-refractivity contribution in [1.29, 1.82) is 0 Å². The molecule has 0 spiro atoms. The lowest BCUT2D eigenvalue weighted by Crippen LogP contribution is -2.05. The molecule has 0 unspecified atom stereocenters. The van der Waals surface area contributed by atoms with Gasteiger partial charge in [-0.3, -0.25) is 4.79 Å². The van der Waals surface area contributed by atoms with Gasteiger partial charge in [-0.15, -0.1) is 0 Å². The molecule has 21 heavy (non-hydrogen) atoms. The van der Waals surface area contributed by atoms with Gasteiger partial charge in [0.1, 0.15) is 5.75 Å². The Kier molecular flexibility index (Phi) is 8.11. The van der Waals surface area contributed by atoms with Crippen LogP contribution < -0.4 is 0 Å². The molecule has 118 valence electrons. The van der Waals surface area contributed by atoms with E-state index in [0.717, 1.165) is 69.6 Å². The molecular weight excluding hydrogens is 260 g/mol. The number of unbranched alkanes of at least 4 members (excludes halogenated alkanes) is 3. The molecule has 0 radical (unpaired) electrons. The molecule has 1 aromatic rings. The summed E-state index contributed by atoms with van der Waals surface area (Å²) in [4.78, 5) is 11.2. The third-order valence-corrected chi connectivity index (χ3v) is 4.13. The van der Waals surface area contributed by atoms with Crippen LogP contribution in [0.3, 0.4) is 0 Å². The van der Waals surface area contributed by atoms with Gasteiger partial charge in [-0.05, 0) is 61.3 Å². The number of carbonyl (C=O) groups excluding carboxylic acids is 1. The highest BCUT2D eigenvalue weighted by molar-refractivity contribution is 5.81. The number of carbonyl (C=O) groups is 1. The predicted octanol–water partition coefficient (Wildman–Crippen LogP) is 5.23. The van der Waals surface area contributed by atoms with Gasteiger partial charge in [-0.2, -0.15) is 0 Å². The lowest BCUT2D eigenvalue weighted by Gasteiger charge is -2.18. The molecule has 1 rings (SSSR count). The lowest BCUT2D eigenvalue weighted by molar-refractivity contribution is 0.112. The van der Waals surface area contributed by atoms with Crippen LogP contribution in [-0.4, -0.2) is 11.4 Å². The van der Waals surface area contributed by atoms with E-state index in [0.29, 0.717) is 5.56 Å². The zero-order valence-corrected chi connectivity index (χ0v) is 13.9. The fourth-order valence-corrected chi connectivity index (χ4v) is 2.82. The minimum atomic E-state index is 0.227. The normalized spacial score (nSPS) is 10.8. The summed E-state index contributed by atoms with van der Waals surface area (Å²) in [5.74, 6) is 0.227. The molecule has 0 heterocycles. The Labute approximate surface area is 129 Å². The van der Waals surface area contributed by atoms with Crippen molar-refractivity contribution in [3.8, 4) is 5.75 Å². The molecule has 0 aromatic heterocycles. The minimum absolute atomic E-state index is 0.227. The summed E-state index contributed by atoms with van der Waals surface area (Å²) in [5.41, 5.74) is 4.08. The van der Waals surface area contributed by atoms with Crippen LogP contribution in [0.5, 0.6) is 5.75 Å². The molecule has 0 aliphatic heterocycles. The number of phenolic OH excluding ortho intramolecular Hbond substituents is 1. The Morgan fingerprint density at radius 2 is 1.43 bits per heavy atom. The predicted molar refractivity (Wildman–Crippen MR) is 89.3 cm³/mol. The van der Waals surface area contributed by atoms with Crippen molar-refractivity contribution < 1.29 is 9.90 Å². The Hall–Kier alpha value is -1.31. The van der Waals surface area contributed by atoms with Crippen LogP contribution in [0.1, 0.15) is 86.3 Å². The SMILES string of the molecule is CCCCc1cc(C=O)c(O)c(CCCC)c1CCCC. The first-order valence-electron chi connectivity index (χ1n) is 8.51. The van der Waals surface area contributed by atoms with E-state index >= 15 is 0 Å². The van der Waals surface area contributed by atoms with E-state index in [-0.39, 0.29) is 5.75 Å². The van der Waals surface area contributed by atoms with Crippen LogP contribution in [0, 0.1) is 0 Å². The van der Waals surface area contributed by atoms with Gasteiger partial charge in [0.15, 0.2) is 6.29 Å². The van der Waals surface area contributed by atoms with E-state index in [1.807, 2.05) is 6.07 Å². The van der Waals surface area contributed by atoms with Crippen molar-refractivity contribution in [2.24, 2.45) is 0 Å². The fraction of sp³-hybridized carbons (Fsp3) is 0.632. The number of phenols is 1. The molecule has 0 fully saturated rings. The molecule has 0 bridgehead atoms. The largest absolute Gasteiger partial charge is 0.507 e. The minimum Gasteiger partial charge on any atom is -0.507 e. The van der Waals surface area contributed by atoms with Gasteiger partial charge in [0.05, 0.1) is 5.56 Å². The van der Waals surface area contributed by atoms with Gasteiger partial charge in [0.25, 0.3) is 0 Å². The van der Waals surface area contributed by atoms with Crippen LogP contribution in [0.15, 0.2) is 6.07 Å². The van der Waals surface area contributed by atoms with Crippen LogP contribution in [0.4, 0.5) is 0 Å². The van der Waals surface area contributed by atoms with Gasteiger partial charge >= 0.3 is 0 Å². The summed E-state index contributed by atoms with van der Waals surface area (Å²) in [6, 6.07) is 1.92. The highest BCUT2D eigenvalue weighted by Gasteiger charge is 2.16. The van der Waals surface area contributed by atoms with E-state index in [4.69, 9.17) is 0 Å². The Bertz CT molecular complexity index is 449. The highest BCUT2D eigenvalue weighted by Crippen LogP contribution is 2.32. The molecular formula is C19H30O2. The molecule has 0 aliphatic rings. The average Bonchev–Trinajstić information content (AvgIpc) is 2.50. The zero-order valence-electron chi connectivity index (χ0n) is 13.9. The number of aldehydes is 1. The van der Waals surface area contributed by atoms with Crippen molar-refractivity contribution >= 4 is 6.29 Å². The number of hydrogen-bond acceptors (Lipinski definition) is 2. The standard InChI is InChI=1S/C19H30O2/c1-4-7-10-15-13-16(14-20)19(21)18(12-9-6-3)17(15)11-8-5-2/h13-14,21H,4-12H2,1-3H3. The third-order valence-electron chi connectivity index (χ3n) is 4.13. The maximum absolute atomic E-state index is 11.2. The smallest absolute Gasteiger partial charge is 0.153 e. The van der Waals surface area contributed by atoms with Crippen LogP contribution >= 0.6 is 0 Å². The number of aryl methyl sites for hydroxylation is 1. The summed E-state index contributed by atoms with van der Waals surface area (Å²) < 4.78 is 0. The van der Waals surface area contributed by atoms with Gasteiger partial charge in [0, 0.05) is 0 Å². The van der Waals surface area contributed by atoms with Crippen LogP contribution in [0.2, 0.25) is 0 Å². The van der Waals surface area contributed by atoms with Crippen molar-refractivity contribution in [2.45, 2.75) is 78.6 Å². The monoisotopic (exact) mass is 290 g/mol. The van der Waals surface area contributed by atoms with Crippen LogP contribution in [0.25, 0.3) is 0 Å². The zero-order chi connectivity index (χ0) is 15.7. The second-order valence-electron chi connectivity index (χ2n) is 5.86. The maximum Gasteiger partial charge on any atom is 0.153 e. The number of rotatable bonds is 10.